The first-order valence-electron chi connectivity index (χ1n) is 8.66. The molecule has 0 saturated heterocycles. The topological polar surface area (TPSA) is 74.0 Å². The molecule has 0 unspecified atom stereocenters. The van der Waals surface area contributed by atoms with Gasteiger partial charge in [0.1, 0.15) is 0 Å². The van der Waals surface area contributed by atoms with Gasteiger partial charge in [0.05, 0.1) is 5.39 Å². The summed E-state index contributed by atoms with van der Waals surface area (Å²) in [7, 11) is 0. The molecule has 1 aromatic heterocycles. The third-order valence-electron chi connectivity index (χ3n) is 4.37. The fraction of sp³-hybridized carbons (Fsp3) is 0.136. The summed E-state index contributed by atoms with van der Waals surface area (Å²) in [6.45, 7) is 3.85. The number of para-hydroxylation sites is 1. The van der Waals surface area contributed by atoms with Crippen LogP contribution in [0.25, 0.3) is 22.0 Å². The second kappa shape index (κ2) is 7.31. The molecular formula is C22H23N3O. The zero-order valence-electron chi connectivity index (χ0n) is 15.1. The van der Waals surface area contributed by atoms with E-state index in [-0.39, 0.29) is 5.56 Å². The predicted octanol–water partition coefficient (Wildman–Crippen LogP) is 3.72. The third-order valence-corrected chi connectivity index (χ3v) is 4.37. The summed E-state index contributed by atoms with van der Waals surface area (Å²) in [5.41, 5.74) is 15.6. The van der Waals surface area contributed by atoms with E-state index in [1.54, 1.807) is 17.6 Å². The van der Waals surface area contributed by atoms with Gasteiger partial charge in [-0.05, 0) is 54.1 Å². The Morgan fingerprint density at radius 2 is 1.85 bits per heavy atom. The van der Waals surface area contributed by atoms with Crippen LogP contribution in [-0.4, -0.2) is 4.57 Å². The van der Waals surface area contributed by atoms with Crippen molar-refractivity contribution in [2.75, 3.05) is 0 Å². The van der Waals surface area contributed by atoms with Gasteiger partial charge in [0.15, 0.2) is 0 Å². The maximum absolute atomic E-state index is 13.5. The van der Waals surface area contributed by atoms with Crippen molar-refractivity contribution in [2.24, 2.45) is 11.5 Å². The van der Waals surface area contributed by atoms with Crippen LogP contribution in [0.4, 0.5) is 0 Å². The zero-order chi connectivity index (χ0) is 18.7. The molecule has 0 saturated carbocycles. The summed E-state index contributed by atoms with van der Waals surface area (Å²) in [4.78, 5) is 13.5. The van der Waals surface area contributed by atoms with Crippen molar-refractivity contribution in [3.8, 4) is 5.69 Å². The standard InChI is InChI=1S/C22H23N3O/c1-3-18-13-16-8-7-11-20(17(14-23)12-15(2)24)21(16)22(26)25(18)19-9-5-4-6-10-19/h4-14H,3,23-24H2,1-2H3/b15-12?,17-14+. The molecular weight excluding hydrogens is 322 g/mol. The first-order chi connectivity index (χ1) is 12.6. The highest BCUT2D eigenvalue weighted by Gasteiger charge is 2.14. The highest BCUT2D eigenvalue weighted by atomic mass is 16.1. The molecule has 0 aliphatic heterocycles. The Bertz CT molecular complexity index is 1060. The summed E-state index contributed by atoms with van der Waals surface area (Å²) < 4.78 is 1.78. The van der Waals surface area contributed by atoms with Gasteiger partial charge in [-0.1, -0.05) is 43.3 Å². The molecule has 0 radical (unpaired) electrons. The van der Waals surface area contributed by atoms with E-state index in [1.165, 1.54) is 6.20 Å². The zero-order valence-corrected chi connectivity index (χ0v) is 15.1. The van der Waals surface area contributed by atoms with Crippen molar-refractivity contribution < 1.29 is 0 Å². The Hall–Kier alpha value is -3.27. The molecule has 0 amide bonds. The highest BCUT2D eigenvalue weighted by molar-refractivity contribution is 5.96. The van der Waals surface area contributed by atoms with Crippen molar-refractivity contribution in [1.82, 2.24) is 4.57 Å². The van der Waals surface area contributed by atoms with Crippen LogP contribution < -0.4 is 17.0 Å². The number of aromatic nitrogens is 1. The minimum atomic E-state index is -0.0522. The van der Waals surface area contributed by atoms with Crippen LogP contribution in [-0.2, 0) is 6.42 Å². The third kappa shape index (κ3) is 3.14. The number of benzene rings is 2. The lowest BCUT2D eigenvalue weighted by Gasteiger charge is -2.15. The van der Waals surface area contributed by atoms with Crippen LogP contribution in [0.15, 0.2) is 77.4 Å². The van der Waals surface area contributed by atoms with Gasteiger partial charge < -0.3 is 11.5 Å². The molecule has 0 bridgehead atoms. The van der Waals surface area contributed by atoms with E-state index in [2.05, 4.69) is 13.0 Å². The Balaban J connectivity index is 2.42. The van der Waals surface area contributed by atoms with Crippen LogP contribution in [0.2, 0.25) is 0 Å². The number of nitrogens with two attached hydrogens (primary N) is 2. The summed E-state index contributed by atoms with van der Waals surface area (Å²) in [6, 6.07) is 17.6. The van der Waals surface area contributed by atoms with Crippen molar-refractivity contribution in [3.63, 3.8) is 0 Å². The van der Waals surface area contributed by atoms with E-state index >= 15 is 0 Å². The Kier molecular flexibility index (Phi) is 4.94. The Morgan fingerprint density at radius 3 is 2.46 bits per heavy atom. The maximum Gasteiger partial charge on any atom is 0.263 e. The molecule has 26 heavy (non-hydrogen) atoms. The summed E-state index contributed by atoms with van der Waals surface area (Å²) in [5, 5.41) is 1.54. The van der Waals surface area contributed by atoms with E-state index in [0.29, 0.717) is 11.1 Å². The van der Waals surface area contributed by atoms with Crippen molar-refractivity contribution >= 4 is 16.3 Å². The van der Waals surface area contributed by atoms with Crippen LogP contribution in [0.3, 0.4) is 0 Å². The lowest BCUT2D eigenvalue weighted by atomic mass is 9.98. The lowest BCUT2D eigenvalue weighted by molar-refractivity contribution is 0.889. The number of nitrogens with zero attached hydrogens (tertiary/aromatic N) is 1. The van der Waals surface area contributed by atoms with Crippen molar-refractivity contribution in [1.29, 1.82) is 0 Å². The number of fused-ring (bicyclic) bond motifs is 1. The van der Waals surface area contributed by atoms with E-state index in [9.17, 15) is 4.79 Å². The predicted molar refractivity (Wildman–Crippen MR) is 109 cm³/mol. The van der Waals surface area contributed by atoms with Gasteiger partial charge in [-0.25, -0.2) is 0 Å². The quantitative estimate of drug-likeness (QED) is 0.708. The Labute approximate surface area is 153 Å². The van der Waals surface area contributed by atoms with E-state index in [1.807, 2.05) is 48.5 Å². The van der Waals surface area contributed by atoms with Crippen LogP contribution in [0, 0.1) is 0 Å². The summed E-state index contributed by atoms with van der Waals surface area (Å²) in [6.07, 6.45) is 4.03. The summed E-state index contributed by atoms with van der Waals surface area (Å²) in [5.74, 6) is 0. The number of allylic oxidation sites excluding steroid dienone is 3. The molecule has 1 heterocycles. The number of pyridine rings is 1. The Morgan fingerprint density at radius 1 is 1.12 bits per heavy atom. The van der Waals surface area contributed by atoms with Gasteiger partial charge in [-0.2, -0.15) is 0 Å². The number of hydrogen-bond acceptors (Lipinski definition) is 3. The molecule has 132 valence electrons. The van der Waals surface area contributed by atoms with E-state index < -0.39 is 0 Å². The molecule has 0 spiro atoms. The molecule has 4 heteroatoms. The molecule has 2 aromatic carbocycles. The van der Waals surface area contributed by atoms with E-state index in [0.717, 1.165) is 34.3 Å². The molecule has 3 rings (SSSR count). The second-order valence-corrected chi connectivity index (χ2v) is 6.25. The lowest BCUT2D eigenvalue weighted by Crippen LogP contribution is -2.22. The number of aryl methyl sites for hydroxylation is 1. The first-order valence-corrected chi connectivity index (χ1v) is 8.66. The molecule has 4 N–H and O–H groups in total. The monoisotopic (exact) mass is 345 g/mol. The fourth-order valence-electron chi connectivity index (χ4n) is 3.24. The molecule has 4 nitrogen and oxygen atoms in total. The molecule has 0 fully saturated rings. The highest BCUT2D eigenvalue weighted by Crippen LogP contribution is 2.25. The molecule has 0 atom stereocenters. The van der Waals surface area contributed by atoms with Gasteiger partial charge in [0, 0.05) is 23.3 Å². The SMILES string of the molecule is CCc1cc2cccc(/C(C=C(C)N)=C/N)c2c(=O)n1-c1ccccc1. The molecule has 0 aliphatic rings. The average Bonchev–Trinajstić information content (AvgIpc) is 2.65. The number of hydrogen-bond donors (Lipinski definition) is 2. The summed E-state index contributed by atoms with van der Waals surface area (Å²) >= 11 is 0. The number of rotatable bonds is 4. The minimum absolute atomic E-state index is 0.0522. The second-order valence-electron chi connectivity index (χ2n) is 6.25. The average molecular weight is 345 g/mol. The minimum Gasteiger partial charge on any atom is -0.404 e. The van der Waals surface area contributed by atoms with Gasteiger partial charge in [-0.15, -0.1) is 0 Å². The molecule has 0 aliphatic carbocycles. The first kappa shape index (κ1) is 17.5. The van der Waals surface area contributed by atoms with Gasteiger partial charge in [0.25, 0.3) is 5.56 Å². The van der Waals surface area contributed by atoms with Gasteiger partial charge >= 0.3 is 0 Å². The fourth-order valence-corrected chi connectivity index (χ4v) is 3.24. The van der Waals surface area contributed by atoms with Gasteiger partial charge in [0.2, 0.25) is 0 Å². The maximum atomic E-state index is 13.5. The van der Waals surface area contributed by atoms with Crippen LogP contribution in [0.5, 0.6) is 0 Å². The van der Waals surface area contributed by atoms with Crippen molar-refractivity contribution in [2.45, 2.75) is 20.3 Å². The normalized spacial score (nSPS) is 12.5. The smallest absolute Gasteiger partial charge is 0.263 e. The van der Waals surface area contributed by atoms with E-state index in [4.69, 9.17) is 11.5 Å². The molecule has 3 aromatic rings. The van der Waals surface area contributed by atoms with Crippen LogP contribution >= 0.6 is 0 Å². The van der Waals surface area contributed by atoms with Crippen molar-refractivity contribution in [3.05, 3.63) is 94.2 Å². The van der Waals surface area contributed by atoms with Crippen LogP contribution in [0.1, 0.15) is 25.1 Å². The van der Waals surface area contributed by atoms with Gasteiger partial charge in [-0.3, -0.25) is 9.36 Å². The largest absolute Gasteiger partial charge is 0.404 e.